The predicted molar refractivity (Wildman–Crippen MR) is 80.2 cm³/mol. The van der Waals surface area contributed by atoms with Crippen LogP contribution in [0.4, 0.5) is 0 Å². The van der Waals surface area contributed by atoms with Gasteiger partial charge in [-0.05, 0) is 31.7 Å². The van der Waals surface area contributed by atoms with E-state index in [1.165, 1.54) is 0 Å². The first-order valence-electron chi connectivity index (χ1n) is 8.24. The maximum absolute atomic E-state index is 11.8. The normalized spacial score (nSPS) is 39.9. The summed E-state index contributed by atoms with van der Waals surface area (Å²) in [6.45, 7) is 0. The SMILES string of the molecule is O=[N+]([O-])[C@H]1[C@H](O)c2ccccc2OC12C1CCCC2CCC1. The van der Waals surface area contributed by atoms with E-state index in [0.717, 1.165) is 38.5 Å². The molecular formula is C17H21NO4. The molecule has 3 aliphatic rings. The molecule has 2 atom stereocenters. The molecule has 1 aliphatic heterocycles. The summed E-state index contributed by atoms with van der Waals surface area (Å²) in [5.74, 6) is 0.990. The Labute approximate surface area is 129 Å². The van der Waals surface area contributed by atoms with Crippen molar-refractivity contribution in [2.75, 3.05) is 0 Å². The molecule has 0 radical (unpaired) electrons. The van der Waals surface area contributed by atoms with E-state index in [9.17, 15) is 15.2 Å². The Balaban J connectivity index is 1.88. The van der Waals surface area contributed by atoms with Crippen LogP contribution in [0, 0.1) is 22.0 Å². The summed E-state index contributed by atoms with van der Waals surface area (Å²) >= 11 is 0. The minimum atomic E-state index is -1.08. The molecule has 4 rings (SSSR count). The van der Waals surface area contributed by atoms with Crippen LogP contribution < -0.4 is 4.74 Å². The molecule has 1 aromatic carbocycles. The summed E-state index contributed by atoms with van der Waals surface area (Å²) in [6.07, 6.45) is 5.02. The highest BCUT2D eigenvalue weighted by atomic mass is 16.6. The number of fused-ring (bicyclic) bond motifs is 1. The van der Waals surface area contributed by atoms with E-state index in [4.69, 9.17) is 4.74 Å². The molecule has 2 fully saturated rings. The van der Waals surface area contributed by atoms with Crippen LogP contribution in [0.2, 0.25) is 0 Å². The molecule has 0 saturated heterocycles. The van der Waals surface area contributed by atoms with E-state index >= 15 is 0 Å². The molecule has 0 amide bonds. The summed E-state index contributed by atoms with van der Waals surface area (Å²) in [5.41, 5.74) is -0.271. The van der Waals surface area contributed by atoms with Crippen LogP contribution in [0.3, 0.4) is 0 Å². The molecule has 0 unspecified atom stereocenters. The number of rotatable bonds is 1. The van der Waals surface area contributed by atoms with Gasteiger partial charge in [-0.3, -0.25) is 10.1 Å². The average Bonchev–Trinajstić information content (AvgIpc) is 2.46. The highest BCUT2D eigenvalue weighted by Crippen LogP contribution is 2.56. The highest BCUT2D eigenvalue weighted by molar-refractivity contribution is 5.40. The molecule has 118 valence electrons. The zero-order chi connectivity index (χ0) is 15.3. The van der Waals surface area contributed by atoms with Crippen LogP contribution in [0.1, 0.15) is 50.2 Å². The first-order valence-corrected chi connectivity index (χ1v) is 8.24. The molecule has 1 aromatic rings. The Morgan fingerprint density at radius 2 is 1.73 bits per heavy atom. The van der Waals surface area contributed by atoms with Crippen molar-refractivity contribution in [1.29, 1.82) is 0 Å². The fourth-order valence-corrected chi connectivity index (χ4v) is 5.16. The van der Waals surface area contributed by atoms with Gasteiger partial charge in [0.1, 0.15) is 5.75 Å². The third kappa shape index (κ3) is 1.75. The first-order chi connectivity index (χ1) is 10.6. The lowest BCUT2D eigenvalue weighted by Gasteiger charge is -2.55. The van der Waals surface area contributed by atoms with E-state index in [-0.39, 0.29) is 16.8 Å². The van der Waals surface area contributed by atoms with Gasteiger partial charge in [0.05, 0.1) is 0 Å². The van der Waals surface area contributed by atoms with Crippen molar-refractivity contribution < 1.29 is 14.8 Å². The van der Waals surface area contributed by atoms with E-state index in [1.807, 2.05) is 12.1 Å². The van der Waals surface area contributed by atoms with Gasteiger partial charge in [-0.25, -0.2) is 0 Å². The topological polar surface area (TPSA) is 72.6 Å². The van der Waals surface area contributed by atoms with E-state index in [2.05, 4.69) is 0 Å². The molecular weight excluding hydrogens is 282 g/mol. The molecule has 1 spiro atoms. The van der Waals surface area contributed by atoms with Gasteiger partial charge in [0.25, 0.3) is 6.04 Å². The molecule has 1 N–H and O–H groups in total. The zero-order valence-electron chi connectivity index (χ0n) is 12.5. The van der Waals surface area contributed by atoms with Crippen LogP contribution in [0.25, 0.3) is 0 Å². The number of benzene rings is 1. The lowest BCUT2D eigenvalue weighted by molar-refractivity contribution is -0.567. The summed E-state index contributed by atoms with van der Waals surface area (Å²) in [6, 6.07) is 6.17. The Morgan fingerprint density at radius 3 is 2.32 bits per heavy atom. The van der Waals surface area contributed by atoms with Crippen molar-refractivity contribution in [3.8, 4) is 5.75 Å². The summed E-state index contributed by atoms with van der Waals surface area (Å²) in [7, 11) is 0. The smallest absolute Gasteiger partial charge is 0.282 e. The lowest BCUT2D eigenvalue weighted by Crippen LogP contribution is -2.67. The van der Waals surface area contributed by atoms with Crippen molar-refractivity contribution in [3.05, 3.63) is 39.9 Å². The molecule has 22 heavy (non-hydrogen) atoms. The van der Waals surface area contributed by atoms with Gasteiger partial charge < -0.3 is 9.84 Å². The number of nitro groups is 1. The van der Waals surface area contributed by atoms with E-state index < -0.39 is 17.7 Å². The van der Waals surface area contributed by atoms with Crippen molar-refractivity contribution in [3.63, 3.8) is 0 Å². The molecule has 2 saturated carbocycles. The summed E-state index contributed by atoms with van der Waals surface area (Å²) in [4.78, 5) is 11.6. The van der Waals surface area contributed by atoms with E-state index in [1.54, 1.807) is 12.1 Å². The summed E-state index contributed by atoms with van der Waals surface area (Å²) in [5, 5.41) is 22.6. The van der Waals surface area contributed by atoms with Crippen molar-refractivity contribution in [2.24, 2.45) is 11.8 Å². The van der Waals surface area contributed by atoms with Gasteiger partial charge in [-0.2, -0.15) is 0 Å². The van der Waals surface area contributed by atoms with Crippen LogP contribution >= 0.6 is 0 Å². The number of hydrogen-bond donors (Lipinski definition) is 1. The standard InChI is InChI=1S/C17H21NO4/c19-15-13-9-1-2-10-14(13)22-17(16(15)18(20)21)11-5-3-6-12(17)8-4-7-11/h1-2,9-12,15-16,19H,3-8H2/t11?,12?,15-,16+,17?/m1/s1. The molecule has 2 bridgehead atoms. The molecule has 0 aromatic heterocycles. The Hall–Kier alpha value is -1.62. The van der Waals surface area contributed by atoms with Gasteiger partial charge in [-0.15, -0.1) is 0 Å². The second-order valence-electron chi connectivity index (χ2n) is 6.92. The second-order valence-corrected chi connectivity index (χ2v) is 6.92. The lowest BCUT2D eigenvalue weighted by atomic mass is 9.56. The largest absolute Gasteiger partial charge is 0.479 e. The third-order valence-corrected chi connectivity index (χ3v) is 6.00. The monoisotopic (exact) mass is 303 g/mol. The Morgan fingerprint density at radius 1 is 1.14 bits per heavy atom. The fraction of sp³-hybridized carbons (Fsp3) is 0.647. The maximum atomic E-state index is 11.8. The molecule has 5 heteroatoms. The minimum absolute atomic E-state index is 0.179. The molecule has 2 aliphatic carbocycles. The van der Waals surface area contributed by atoms with Crippen molar-refractivity contribution in [1.82, 2.24) is 0 Å². The zero-order valence-corrected chi connectivity index (χ0v) is 12.5. The van der Waals surface area contributed by atoms with Gasteiger partial charge >= 0.3 is 0 Å². The third-order valence-electron chi connectivity index (χ3n) is 6.00. The Kier molecular flexibility index (Phi) is 3.15. The van der Waals surface area contributed by atoms with E-state index in [0.29, 0.717) is 11.3 Å². The van der Waals surface area contributed by atoms with Crippen LogP contribution in [-0.2, 0) is 0 Å². The molecule has 5 nitrogen and oxygen atoms in total. The van der Waals surface area contributed by atoms with Gasteiger partial charge in [0.2, 0.25) is 0 Å². The Bertz CT molecular complexity index is 580. The van der Waals surface area contributed by atoms with Gasteiger partial charge in [0.15, 0.2) is 11.7 Å². The minimum Gasteiger partial charge on any atom is -0.479 e. The fourth-order valence-electron chi connectivity index (χ4n) is 5.16. The number of ether oxygens (including phenoxy) is 1. The van der Waals surface area contributed by atoms with Gasteiger partial charge in [-0.1, -0.05) is 31.0 Å². The van der Waals surface area contributed by atoms with Crippen molar-refractivity contribution in [2.45, 2.75) is 56.3 Å². The number of aliphatic hydroxyl groups is 1. The average molecular weight is 303 g/mol. The highest BCUT2D eigenvalue weighted by Gasteiger charge is 2.66. The van der Waals surface area contributed by atoms with Crippen LogP contribution in [0.5, 0.6) is 5.75 Å². The summed E-state index contributed by atoms with van der Waals surface area (Å²) < 4.78 is 6.37. The van der Waals surface area contributed by atoms with Crippen LogP contribution in [0.15, 0.2) is 24.3 Å². The number of nitrogens with zero attached hydrogens (tertiary/aromatic N) is 1. The van der Waals surface area contributed by atoms with Crippen molar-refractivity contribution >= 4 is 0 Å². The quantitative estimate of drug-likeness (QED) is 0.639. The number of hydrogen-bond acceptors (Lipinski definition) is 4. The number of para-hydroxylation sites is 1. The van der Waals surface area contributed by atoms with Gasteiger partial charge in [0, 0.05) is 22.3 Å². The molecule has 1 heterocycles. The van der Waals surface area contributed by atoms with Crippen LogP contribution in [-0.4, -0.2) is 21.7 Å². The second kappa shape index (κ2) is 4.95. The maximum Gasteiger partial charge on any atom is 0.282 e. The first kappa shape index (κ1) is 14.0. The number of aliphatic hydroxyl groups excluding tert-OH is 1. The predicted octanol–water partition coefficient (Wildman–Crippen LogP) is 3.10.